The molecule has 0 aliphatic heterocycles. The van der Waals surface area contributed by atoms with Crippen molar-refractivity contribution in [1.82, 2.24) is 10.6 Å². The minimum Gasteiger partial charge on any atom is -0.507 e. The largest absolute Gasteiger partial charge is 0.507 e. The number of hydrogen-bond donors (Lipinski definition) is 3. The van der Waals surface area contributed by atoms with Gasteiger partial charge in [0.2, 0.25) is 0 Å². The molecular formula is C17H18N2O4. The van der Waals surface area contributed by atoms with Gasteiger partial charge in [0.1, 0.15) is 11.5 Å². The lowest BCUT2D eigenvalue weighted by Crippen LogP contribution is -2.34. The zero-order valence-electron chi connectivity index (χ0n) is 12.7. The van der Waals surface area contributed by atoms with E-state index in [1.54, 1.807) is 30.3 Å². The molecule has 0 atom stereocenters. The summed E-state index contributed by atoms with van der Waals surface area (Å²) in [7, 11) is 1.48. The number of benzene rings is 2. The summed E-state index contributed by atoms with van der Waals surface area (Å²) in [5.74, 6) is -0.310. The fraction of sp³-hybridized carbons (Fsp3) is 0.176. The van der Waals surface area contributed by atoms with Crippen molar-refractivity contribution in [3.8, 4) is 11.5 Å². The Labute approximate surface area is 134 Å². The summed E-state index contributed by atoms with van der Waals surface area (Å²) in [6, 6.07) is 13.3. The van der Waals surface area contributed by atoms with Gasteiger partial charge in [-0.05, 0) is 24.3 Å². The van der Waals surface area contributed by atoms with E-state index in [1.807, 2.05) is 6.07 Å². The molecule has 0 saturated heterocycles. The van der Waals surface area contributed by atoms with Crippen molar-refractivity contribution >= 4 is 11.8 Å². The Kier molecular flexibility index (Phi) is 5.57. The number of methoxy groups -OCH3 is 1. The minimum absolute atomic E-state index is 0.153. The Morgan fingerprint density at radius 3 is 2.26 bits per heavy atom. The highest BCUT2D eigenvalue weighted by molar-refractivity contribution is 5.97. The quantitative estimate of drug-likeness (QED) is 0.706. The molecule has 0 radical (unpaired) electrons. The first-order valence-electron chi connectivity index (χ1n) is 7.10. The SMILES string of the molecule is COc1ccc(C(=O)NCCNC(=O)c2ccccc2)c(O)c1. The highest BCUT2D eigenvalue weighted by Crippen LogP contribution is 2.22. The highest BCUT2D eigenvalue weighted by atomic mass is 16.5. The van der Waals surface area contributed by atoms with E-state index in [1.165, 1.54) is 19.2 Å². The van der Waals surface area contributed by atoms with Crippen LogP contribution >= 0.6 is 0 Å². The van der Waals surface area contributed by atoms with Crippen LogP contribution in [0, 0.1) is 0 Å². The summed E-state index contributed by atoms with van der Waals surface area (Å²) in [4.78, 5) is 23.8. The molecule has 0 aliphatic carbocycles. The van der Waals surface area contributed by atoms with Crippen LogP contribution in [0.15, 0.2) is 48.5 Å². The third-order valence-electron chi connectivity index (χ3n) is 3.18. The molecule has 23 heavy (non-hydrogen) atoms. The van der Waals surface area contributed by atoms with Crippen LogP contribution in [0.4, 0.5) is 0 Å². The molecule has 0 aromatic heterocycles. The van der Waals surface area contributed by atoms with Crippen LogP contribution < -0.4 is 15.4 Å². The lowest BCUT2D eigenvalue weighted by molar-refractivity contribution is 0.0926. The average molecular weight is 314 g/mol. The van der Waals surface area contributed by atoms with Crippen LogP contribution in [-0.4, -0.2) is 37.1 Å². The Morgan fingerprint density at radius 2 is 1.65 bits per heavy atom. The van der Waals surface area contributed by atoms with E-state index < -0.39 is 5.91 Å². The monoisotopic (exact) mass is 314 g/mol. The maximum absolute atomic E-state index is 12.0. The molecule has 0 saturated carbocycles. The van der Waals surface area contributed by atoms with Gasteiger partial charge in [0, 0.05) is 24.7 Å². The molecule has 0 unspecified atom stereocenters. The number of rotatable bonds is 6. The number of phenolic OH excluding ortho intramolecular Hbond substituents is 1. The summed E-state index contributed by atoms with van der Waals surface area (Å²) in [5, 5.41) is 15.1. The van der Waals surface area contributed by atoms with Gasteiger partial charge in [-0.2, -0.15) is 0 Å². The molecular weight excluding hydrogens is 296 g/mol. The van der Waals surface area contributed by atoms with Gasteiger partial charge in [-0.25, -0.2) is 0 Å². The number of carbonyl (C=O) groups is 2. The fourth-order valence-corrected chi connectivity index (χ4v) is 1.97. The summed E-state index contributed by atoms with van der Waals surface area (Å²) in [6.07, 6.45) is 0. The maximum atomic E-state index is 12.0. The zero-order chi connectivity index (χ0) is 16.7. The van der Waals surface area contributed by atoms with Gasteiger partial charge in [-0.3, -0.25) is 9.59 Å². The Morgan fingerprint density at radius 1 is 1.00 bits per heavy atom. The molecule has 0 bridgehead atoms. The molecule has 2 rings (SSSR count). The van der Waals surface area contributed by atoms with Crippen molar-refractivity contribution in [2.24, 2.45) is 0 Å². The van der Waals surface area contributed by atoms with E-state index >= 15 is 0 Å². The number of ether oxygens (including phenoxy) is 1. The molecule has 6 nitrogen and oxygen atoms in total. The molecule has 3 N–H and O–H groups in total. The highest BCUT2D eigenvalue weighted by Gasteiger charge is 2.11. The molecule has 120 valence electrons. The van der Waals surface area contributed by atoms with E-state index in [0.29, 0.717) is 11.3 Å². The average Bonchev–Trinajstić information content (AvgIpc) is 2.58. The molecule has 2 aromatic carbocycles. The molecule has 0 aliphatic rings. The fourth-order valence-electron chi connectivity index (χ4n) is 1.97. The van der Waals surface area contributed by atoms with E-state index in [2.05, 4.69) is 10.6 Å². The molecule has 0 fully saturated rings. The third-order valence-corrected chi connectivity index (χ3v) is 3.18. The van der Waals surface area contributed by atoms with Crippen molar-refractivity contribution < 1.29 is 19.4 Å². The predicted molar refractivity (Wildman–Crippen MR) is 85.8 cm³/mol. The molecule has 0 spiro atoms. The second kappa shape index (κ2) is 7.84. The van der Waals surface area contributed by atoms with E-state index in [-0.39, 0.29) is 30.3 Å². The topological polar surface area (TPSA) is 87.7 Å². The number of hydrogen-bond acceptors (Lipinski definition) is 4. The first-order valence-corrected chi connectivity index (χ1v) is 7.10. The first kappa shape index (κ1) is 16.4. The van der Waals surface area contributed by atoms with E-state index in [4.69, 9.17) is 4.74 Å². The van der Waals surface area contributed by atoms with Gasteiger partial charge in [0.05, 0.1) is 12.7 Å². The Bertz CT molecular complexity index is 686. The minimum atomic E-state index is -0.417. The lowest BCUT2D eigenvalue weighted by Gasteiger charge is -2.09. The molecule has 6 heteroatoms. The number of amides is 2. The van der Waals surface area contributed by atoms with Crippen LogP contribution in [-0.2, 0) is 0 Å². The second-order valence-electron chi connectivity index (χ2n) is 4.76. The van der Waals surface area contributed by atoms with E-state index in [9.17, 15) is 14.7 Å². The second-order valence-corrected chi connectivity index (χ2v) is 4.76. The summed E-state index contributed by atoms with van der Waals surface area (Å²) in [5.41, 5.74) is 0.715. The van der Waals surface area contributed by atoms with E-state index in [0.717, 1.165) is 0 Å². The summed E-state index contributed by atoms with van der Waals surface area (Å²) in [6.45, 7) is 0.541. The van der Waals surface area contributed by atoms with Crippen LogP contribution in [0.3, 0.4) is 0 Å². The Hall–Kier alpha value is -3.02. The summed E-state index contributed by atoms with van der Waals surface area (Å²) >= 11 is 0. The van der Waals surface area contributed by atoms with Gasteiger partial charge < -0.3 is 20.5 Å². The van der Waals surface area contributed by atoms with Crippen molar-refractivity contribution in [3.63, 3.8) is 0 Å². The molecule has 0 heterocycles. The number of carbonyl (C=O) groups excluding carboxylic acids is 2. The van der Waals surface area contributed by atoms with Crippen LogP contribution in [0.2, 0.25) is 0 Å². The van der Waals surface area contributed by atoms with Crippen molar-refractivity contribution in [2.45, 2.75) is 0 Å². The number of phenols is 1. The molecule has 2 amide bonds. The zero-order valence-corrected chi connectivity index (χ0v) is 12.7. The number of nitrogens with one attached hydrogen (secondary N) is 2. The lowest BCUT2D eigenvalue weighted by atomic mass is 10.2. The smallest absolute Gasteiger partial charge is 0.255 e. The van der Waals surface area contributed by atoms with Gasteiger partial charge >= 0.3 is 0 Å². The molecule has 2 aromatic rings. The van der Waals surface area contributed by atoms with Gasteiger partial charge in [-0.1, -0.05) is 18.2 Å². The van der Waals surface area contributed by atoms with Crippen LogP contribution in [0.1, 0.15) is 20.7 Å². The third kappa shape index (κ3) is 4.47. The van der Waals surface area contributed by atoms with Crippen LogP contribution in [0.5, 0.6) is 11.5 Å². The van der Waals surface area contributed by atoms with Crippen molar-refractivity contribution in [3.05, 3.63) is 59.7 Å². The summed E-state index contributed by atoms with van der Waals surface area (Å²) < 4.78 is 4.96. The normalized spacial score (nSPS) is 9.96. The van der Waals surface area contributed by atoms with Crippen molar-refractivity contribution in [1.29, 1.82) is 0 Å². The van der Waals surface area contributed by atoms with Gasteiger partial charge in [-0.15, -0.1) is 0 Å². The van der Waals surface area contributed by atoms with Crippen molar-refractivity contribution in [2.75, 3.05) is 20.2 Å². The predicted octanol–water partition coefficient (Wildman–Crippen LogP) is 1.56. The maximum Gasteiger partial charge on any atom is 0.255 e. The van der Waals surface area contributed by atoms with Gasteiger partial charge in [0.15, 0.2) is 0 Å². The number of aromatic hydroxyl groups is 1. The standard InChI is InChI=1S/C17H18N2O4/c1-23-13-7-8-14(15(20)11-13)17(22)19-10-9-18-16(21)12-5-3-2-4-6-12/h2-8,11,20H,9-10H2,1H3,(H,18,21)(H,19,22). The Balaban J connectivity index is 1.80. The van der Waals surface area contributed by atoms with Gasteiger partial charge in [0.25, 0.3) is 11.8 Å². The van der Waals surface area contributed by atoms with Crippen LogP contribution in [0.25, 0.3) is 0 Å². The first-order chi connectivity index (χ1) is 11.1.